The maximum Gasteiger partial charge on any atom is 0.258 e. The molecule has 0 aliphatic carbocycles. The highest BCUT2D eigenvalue weighted by molar-refractivity contribution is 5.85. The zero-order valence-electron chi connectivity index (χ0n) is 13.7. The molecule has 24 heavy (non-hydrogen) atoms. The highest BCUT2D eigenvalue weighted by Crippen LogP contribution is 2.22. The zero-order valence-corrected chi connectivity index (χ0v) is 13.7. The average Bonchev–Trinajstić information content (AvgIpc) is 3.13. The van der Waals surface area contributed by atoms with Crippen molar-refractivity contribution in [3.8, 4) is 0 Å². The van der Waals surface area contributed by atoms with Gasteiger partial charge in [0.1, 0.15) is 6.04 Å². The van der Waals surface area contributed by atoms with Crippen LogP contribution in [-0.2, 0) is 11.2 Å². The fourth-order valence-corrected chi connectivity index (χ4v) is 2.72. The van der Waals surface area contributed by atoms with E-state index in [0.717, 1.165) is 12.0 Å². The number of rotatable bonds is 5. The van der Waals surface area contributed by atoms with Gasteiger partial charge in [-0.25, -0.2) is 16.3 Å². The van der Waals surface area contributed by atoms with Crippen molar-refractivity contribution in [3.63, 3.8) is 0 Å². The summed E-state index contributed by atoms with van der Waals surface area (Å²) in [6.45, 7) is 2.14. The number of benzene rings is 2. The molecular formula is C19H22N4O. The second-order valence-corrected chi connectivity index (χ2v) is 5.87. The van der Waals surface area contributed by atoms with Gasteiger partial charge in [-0.3, -0.25) is 4.79 Å². The van der Waals surface area contributed by atoms with Crippen molar-refractivity contribution in [1.29, 1.82) is 0 Å². The molecular weight excluding hydrogens is 300 g/mol. The van der Waals surface area contributed by atoms with Gasteiger partial charge in [0, 0.05) is 6.04 Å². The Bertz CT molecular complexity index is 697. The molecule has 3 rings (SSSR count). The number of hydrazone groups is 1. The second kappa shape index (κ2) is 7.86. The van der Waals surface area contributed by atoms with Crippen molar-refractivity contribution in [2.45, 2.75) is 31.8 Å². The molecule has 1 aliphatic heterocycles. The highest BCUT2D eigenvalue weighted by atomic mass is 16.2. The standard InChI is InChI=1S/C19H22N4O/c1-2-14-8-10-16(11-9-14)17-12-18(22-21-17)19(24)23-20-13-15-6-4-3-5-7-15/h3-11,13,17-18,21-22H,2,12H2,1H3,(H,23,24)/b20-13-. The number of carbonyl (C=O) groups is 1. The van der Waals surface area contributed by atoms with Crippen molar-refractivity contribution >= 4 is 12.1 Å². The third-order valence-corrected chi connectivity index (χ3v) is 4.20. The molecule has 1 amide bonds. The predicted molar refractivity (Wildman–Crippen MR) is 95.4 cm³/mol. The fourth-order valence-electron chi connectivity index (χ4n) is 2.72. The minimum Gasteiger partial charge on any atom is -0.271 e. The van der Waals surface area contributed by atoms with E-state index in [1.54, 1.807) is 6.21 Å². The molecule has 0 radical (unpaired) electrons. The fraction of sp³-hybridized carbons (Fsp3) is 0.263. The van der Waals surface area contributed by atoms with E-state index >= 15 is 0 Å². The molecule has 2 unspecified atom stereocenters. The Morgan fingerprint density at radius 1 is 1.17 bits per heavy atom. The molecule has 2 atom stereocenters. The molecule has 1 heterocycles. The number of nitrogens with zero attached hydrogens (tertiary/aromatic N) is 1. The molecule has 1 fully saturated rings. The predicted octanol–water partition coefficient (Wildman–Crippen LogP) is 2.31. The van der Waals surface area contributed by atoms with E-state index < -0.39 is 0 Å². The van der Waals surface area contributed by atoms with E-state index in [1.165, 1.54) is 11.1 Å². The molecule has 3 N–H and O–H groups in total. The summed E-state index contributed by atoms with van der Waals surface area (Å²) < 4.78 is 0. The maximum atomic E-state index is 12.2. The van der Waals surface area contributed by atoms with Gasteiger partial charge in [0.15, 0.2) is 0 Å². The third kappa shape index (κ3) is 4.07. The van der Waals surface area contributed by atoms with Crippen molar-refractivity contribution in [1.82, 2.24) is 16.3 Å². The van der Waals surface area contributed by atoms with Crippen molar-refractivity contribution < 1.29 is 4.79 Å². The summed E-state index contributed by atoms with van der Waals surface area (Å²) in [5.74, 6) is -0.137. The molecule has 0 spiro atoms. The lowest BCUT2D eigenvalue weighted by molar-refractivity contribution is -0.122. The largest absolute Gasteiger partial charge is 0.271 e. The zero-order chi connectivity index (χ0) is 16.8. The Hall–Kier alpha value is -2.50. The van der Waals surface area contributed by atoms with E-state index in [2.05, 4.69) is 52.6 Å². The van der Waals surface area contributed by atoms with Crippen LogP contribution in [0.4, 0.5) is 0 Å². The molecule has 2 aromatic carbocycles. The number of aryl methyl sites for hydroxylation is 1. The van der Waals surface area contributed by atoms with Crippen LogP contribution in [0.5, 0.6) is 0 Å². The van der Waals surface area contributed by atoms with Gasteiger partial charge in [-0.1, -0.05) is 61.5 Å². The van der Waals surface area contributed by atoms with E-state index in [1.807, 2.05) is 30.3 Å². The first-order valence-corrected chi connectivity index (χ1v) is 8.24. The SMILES string of the molecule is CCc1ccc(C2CC(C(=O)N/N=C\c3ccccc3)NN2)cc1. The van der Waals surface area contributed by atoms with Crippen LogP contribution in [0.3, 0.4) is 0 Å². The summed E-state index contributed by atoms with van der Waals surface area (Å²) in [6, 6.07) is 18.0. The first-order valence-electron chi connectivity index (χ1n) is 8.24. The number of nitrogens with one attached hydrogen (secondary N) is 3. The minimum atomic E-state index is -0.297. The monoisotopic (exact) mass is 322 g/mol. The van der Waals surface area contributed by atoms with E-state index in [4.69, 9.17) is 0 Å². The first kappa shape index (κ1) is 16.4. The normalized spacial score (nSPS) is 20.4. The average molecular weight is 322 g/mol. The van der Waals surface area contributed by atoms with Gasteiger partial charge in [-0.15, -0.1) is 0 Å². The van der Waals surface area contributed by atoms with Crippen LogP contribution in [0.15, 0.2) is 59.7 Å². The van der Waals surface area contributed by atoms with Gasteiger partial charge >= 0.3 is 0 Å². The van der Waals surface area contributed by atoms with Crippen LogP contribution in [0.1, 0.15) is 36.1 Å². The summed E-state index contributed by atoms with van der Waals surface area (Å²) in [5, 5.41) is 4.01. The lowest BCUT2D eigenvalue weighted by atomic mass is 10.00. The van der Waals surface area contributed by atoms with Crippen LogP contribution < -0.4 is 16.3 Å². The number of amides is 1. The van der Waals surface area contributed by atoms with Gasteiger partial charge in [0.25, 0.3) is 5.91 Å². The summed E-state index contributed by atoms with van der Waals surface area (Å²) in [5.41, 5.74) is 12.3. The Balaban J connectivity index is 1.53. The lowest BCUT2D eigenvalue weighted by Crippen LogP contribution is -2.41. The minimum absolute atomic E-state index is 0.129. The molecule has 1 aliphatic rings. The molecule has 2 aromatic rings. The first-order chi connectivity index (χ1) is 11.8. The Kier molecular flexibility index (Phi) is 5.36. The summed E-state index contributed by atoms with van der Waals surface area (Å²) in [7, 11) is 0. The van der Waals surface area contributed by atoms with Gasteiger partial charge < -0.3 is 0 Å². The van der Waals surface area contributed by atoms with Gasteiger partial charge in [-0.2, -0.15) is 5.10 Å². The smallest absolute Gasteiger partial charge is 0.258 e. The Labute approximate surface area is 142 Å². The molecule has 124 valence electrons. The molecule has 5 nitrogen and oxygen atoms in total. The van der Waals surface area contributed by atoms with Crippen LogP contribution >= 0.6 is 0 Å². The van der Waals surface area contributed by atoms with Crippen molar-refractivity contribution in [2.24, 2.45) is 5.10 Å². The topological polar surface area (TPSA) is 65.5 Å². The summed E-state index contributed by atoms with van der Waals surface area (Å²) in [6.07, 6.45) is 3.36. The number of hydrogen-bond acceptors (Lipinski definition) is 4. The molecule has 5 heteroatoms. The van der Waals surface area contributed by atoms with E-state index in [0.29, 0.717) is 6.42 Å². The number of hydrogen-bond donors (Lipinski definition) is 3. The molecule has 0 bridgehead atoms. The quantitative estimate of drug-likeness (QED) is 0.584. The lowest BCUT2D eigenvalue weighted by Gasteiger charge is -2.10. The van der Waals surface area contributed by atoms with Gasteiger partial charge in [0.2, 0.25) is 0 Å². The molecule has 0 saturated carbocycles. The van der Waals surface area contributed by atoms with E-state index in [9.17, 15) is 4.79 Å². The summed E-state index contributed by atoms with van der Waals surface area (Å²) >= 11 is 0. The summed E-state index contributed by atoms with van der Waals surface area (Å²) in [4.78, 5) is 12.2. The van der Waals surface area contributed by atoms with Crippen molar-refractivity contribution in [3.05, 3.63) is 71.3 Å². The maximum absolute atomic E-state index is 12.2. The van der Waals surface area contributed by atoms with E-state index in [-0.39, 0.29) is 18.0 Å². The van der Waals surface area contributed by atoms with Crippen LogP contribution in [0, 0.1) is 0 Å². The Morgan fingerprint density at radius 2 is 1.92 bits per heavy atom. The Morgan fingerprint density at radius 3 is 2.62 bits per heavy atom. The molecule has 1 saturated heterocycles. The van der Waals surface area contributed by atoms with Gasteiger partial charge in [-0.05, 0) is 29.5 Å². The molecule has 0 aromatic heterocycles. The third-order valence-electron chi connectivity index (χ3n) is 4.20. The van der Waals surface area contributed by atoms with Gasteiger partial charge in [0.05, 0.1) is 6.21 Å². The van der Waals surface area contributed by atoms with Crippen molar-refractivity contribution in [2.75, 3.05) is 0 Å². The second-order valence-electron chi connectivity index (χ2n) is 5.87. The highest BCUT2D eigenvalue weighted by Gasteiger charge is 2.29. The van der Waals surface area contributed by atoms with Crippen LogP contribution in [0.2, 0.25) is 0 Å². The van der Waals surface area contributed by atoms with Crippen LogP contribution in [0.25, 0.3) is 0 Å². The van der Waals surface area contributed by atoms with Crippen LogP contribution in [-0.4, -0.2) is 18.2 Å². The number of hydrazine groups is 1. The number of carbonyl (C=O) groups excluding carboxylic acids is 1.